The molecule has 4 heteroatoms. The molecule has 1 aliphatic heterocycles. The monoisotopic (exact) mass is 302 g/mol. The molecule has 1 saturated heterocycles. The fourth-order valence-electron chi connectivity index (χ4n) is 3.12. The second-order valence-electron chi connectivity index (χ2n) is 6.14. The molecule has 22 heavy (non-hydrogen) atoms. The van der Waals surface area contributed by atoms with Gasteiger partial charge in [-0.25, -0.2) is 4.39 Å². The van der Waals surface area contributed by atoms with Crippen LogP contribution < -0.4 is 4.90 Å². The number of rotatable bonds is 4. The molecule has 0 aliphatic carbocycles. The lowest BCUT2D eigenvalue weighted by molar-refractivity contribution is 0.0127. The van der Waals surface area contributed by atoms with Gasteiger partial charge in [0.15, 0.2) is 0 Å². The fourth-order valence-corrected chi connectivity index (χ4v) is 3.12. The van der Waals surface area contributed by atoms with E-state index < -0.39 is 0 Å². The van der Waals surface area contributed by atoms with Gasteiger partial charge >= 0.3 is 0 Å². The average Bonchev–Trinajstić information content (AvgIpc) is 2.53. The van der Waals surface area contributed by atoms with Crippen molar-refractivity contribution in [3.8, 4) is 0 Å². The van der Waals surface area contributed by atoms with Crippen molar-refractivity contribution in [1.29, 1.82) is 0 Å². The summed E-state index contributed by atoms with van der Waals surface area (Å²) in [5.74, 6) is -0.219. The van der Waals surface area contributed by atoms with Crippen LogP contribution in [-0.2, 0) is 4.74 Å². The van der Waals surface area contributed by atoms with Crippen molar-refractivity contribution >= 4 is 16.6 Å². The van der Waals surface area contributed by atoms with Crippen molar-refractivity contribution in [2.45, 2.75) is 38.7 Å². The Morgan fingerprint density at radius 3 is 2.95 bits per heavy atom. The third-order valence-corrected chi connectivity index (χ3v) is 4.35. The number of benzene rings is 1. The van der Waals surface area contributed by atoms with E-state index in [9.17, 15) is 4.39 Å². The second kappa shape index (κ2) is 6.61. The summed E-state index contributed by atoms with van der Waals surface area (Å²) in [6.07, 6.45) is 4.96. The molecule has 1 unspecified atom stereocenters. The molecule has 0 N–H and O–H groups in total. The quantitative estimate of drug-likeness (QED) is 0.851. The zero-order valence-corrected chi connectivity index (χ0v) is 13.3. The van der Waals surface area contributed by atoms with Crippen LogP contribution in [0.15, 0.2) is 24.3 Å². The van der Waals surface area contributed by atoms with E-state index in [0.717, 1.165) is 48.3 Å². The van der Waals surface area contributed by atoms with Gasteiger partial charge in [-0.1, -0.05) is 0 Å². The van der Waals surface area contributed by atoms with E-state index >= 15 is 0 Å². The van der Waals surface area contributed by atoms with Crippen LogP contribution in [0.4, 0.5) is 10.1 Å². The Morgan fingerprint density at radius 2 is 2.18 bits per heavy atom. The first-order valence-electron chi connectivity index (χ1n) is 8.03. The van der Waals surface area contributed by atoms with Gasteiger partial charge in [-0.2, -0.15) is 0 Å². The lowest BCUT2D eigenvalue weighted by Gasteiger charge is -2.27. The molecule has 0 spiro atoms. The molecule has 2 heterocycles. The first-order valence-corrected chi connectivity index (χ1v) is 8.03. The highest BCUT2D eigenvalue weighted by Gasteiger charge is 2.16. The molecule has 1 aliphatic rings. The minimum atomic E-state index is -0.219. The summed E-state index contributed by atoms with van der Waals surface area (Å²) in [6, 6.07) is 6.82. The lowest BCUT2D eigenvalue weighted by atomic mass is 10.1. The molecule has 1 fully saturated rings. The largest absolute Gasteiger partial charge is 0.378 e. The van der Waals surface area contributed by atoms with Gasteiger partial charge in [-0.3, -0.25) is 4.98 Å². The maximum Gasteiger partial charge on any atom is 0.124 e. The lowest BCUT2D eigenvalue weighted by Crippen LogP contribution is -2.27. The third-order valence-electron chi connectivity index (χ3n) is 4.35. The van der Waals surface area contributed by atoms with Gasteiger partial charge in [0.25, 0.3) is 0 Å². The van der Waals surface area contributed by atoms with Crippen LogP contribution >= 0.6 is 0 Å². The van der Waals surface area contributed by atoms with E-state index in [1.165, 1.54) is 18.9 Å². The van der Waals surface area contributed by atoms with Crippen LogP contribution in [0.1, 0.15) is 31.4 Å². The van der Waals surface area contributed by atoms with Gasteiger partial charge < -0.3 is 9.64 Å². The SMILES string of the molecule is Cc1cc(N(C)CCC2CCCCO2)c2cc(F)ccc2n1. The zero-order chi connectivity index (χ0) is 15.5. The predicted octanol–water partition coefficient (Wildman–Crippen LogP) is 4.08. The van der Waals surface area contributed by atoms with Crippen LogP contribution in [0.5, 0.6) is 0 Å². The smallest absolute Gasteiger partial charge is 0.124 e. The van der Waals surface area contributed by atoms with Gasteiger partial charge in [-0.05, 0) is 56.9 Å². The van der Waals surface area contributed by atoms with Gasteiger partial charge in [0.05, 0.1) is 11.6 Å². The summed E-state index contributed by atoms with van der Waals surface area (Å²) in [4.78, 5) is 6.68. The number of aromatic nitrogens is 1. The molecule has 1 atom stereocenters. The van der Waals surface area contributed by atoms with Crippen molar-refractivity contribution in [1.82, 2.24) is 4.98 Å². The van der Waals surface area contributed by atoms with Crippen LogP contribution in [0.25, 0.3) is 10.9 Å². The molecule has 1 aromatic heterocycles. The number of aryl methyl sites for hydroxylation is 1. The summed E-state index contributed by atoms with van der Waals surface area (Å²) < 4.78 is 19.4. The maximum absolute atomic E-state index is 13.6. The summed E-state index contributed by atoms with van der Waals surface area (Å²) in [7, 11) is 2.06. The highest BCUT2D eigenvalue weighted by atomic mass is 19.1. The van der Waals surface area contributed by atoms with E-state index in [0.29, 0.717) is 6.10 Å². The van der Waals surface area contributed by atoms with Crippen LogP contribution in [0.3, 0.4) is 0 Å². The normalized spacial score (nSPS) is 18.6. The van der Waals surface area contributed by atoms with Crippen molar-refractivity contribution in [3.63, 3.8) is 0 Å². The number of pyridine rings is 1. The fraction of sp³-hybridized carbons (Fsp3) is 0.500. The Labute approximate surface area is 131 Å². The number of halogens is 1. The molecule has 0 bridgehead atoms. The molecular weight excluding hydrogens is 279 g/mol. The Morgan fingerprint density at radius 1 is 1.32 bits per heavy atom. The number of hydrogen-bond donors (Lipinski definition) is 0. The molecular formula is C18H23FN2O. The summed E-state index contributed by atoms with van der Waals surface area (Å²) in [5.41, 5.74) is 2.84. The number of hydrogen-bond acceptors (Lipinski definition) is 3. The summed E-state index contributed by atoms with van der Waals surface area (Å²) >= 11 is 0. The highest BCUT2D eigenvalue weighted by molar-refractivity contribution is 5.91. The first-order chi connectivity index (χ1) is 10.6. The zero-order valence-electron chi connectivity index (χ0n) is 13.3. The van der Waals surface area contributed by atoms with E-state index in [-0.39, 0.29) is 5.82 Å². The predicted molar refractivity (Wildman–Crippen MR) is 87.9 cm³/mol. The second-order valence-corrected chi connectivity index (χ2v) is 6.14. The Balaban J connectivity index is 1.80. The molecule has 118 valence electrons. The molecule has 1 aromatic carbocycles. The minimum Gasteiger partial charge on any atom is -0.378 e. The summed E-state index contributed by atoms with van der Waals surface area (Å²) in [5, 5.41) is 0.873. The Kier molecular flexibility index (Phi) is 4.57. The van der Waals surface area contributed by atoms with Crippen LogP contribution in [-0.4, -0.2) is 31.3 Å². The Hall–Kier alpha value is -1.68. The number of anilines is 1. The topological polar surface area (TPSA) is 25.4 Å². The van der Waals surface area contributed by atoms with E-state index in [1.807, 2.05) is 13.0 Å². The number of fused-ring (bicyclic) bond motifs is 1. The molecule has 2 aromatic rings. The van der Waals surface area contributed by atoms with Crippen molar-refractivity contribution in [3.05, 3.63) is 35.8 Å². The molecule has 0 saturated carbocycles. The van der Waals surface area contributed by atoms with E-state index in [1.54, 1.807) is 12.1 Å². The number of nitrogens with zero attached hydrogens (tertiary/aromatic N) is 2. The summed E-state index contributed by atoms with van der Waals surface area (Å²) in [6.45, 7) is 3.76. The standard InChI is InChI=1S/C18H23FN2O/c1-13-11-18(16-12-14(19)6-7-17(16)20-13)21(2)9-8-15-5-3-4-10-22-15/h6-7,11-12,15H,3-5,8-10H2,1-2H3. The van der Waals surface area contributed by atoms with Gasteiger partial charge in [-0.15, -0.1) is 0 Å². The Bertz CT molecular complexity index is 653. The van der Waals surface area contributed by atoms with E-state index in [4.69, 9.17) is 4.74 Å². The third kappa shape index (κ3) is 3.38. The molecule has 0 radical (unpaired) electrons. The van der Waals surface area contributed by atoms with Crippen molar-refractivity contribution in [2.24, 2.45) is 0 Å². The minimum absolute atomic E-state index is 0.219. The van der Waals surface area contributed by atoms with E-state index in [2.05, 4.69) is 16.9 Å². The van der Waals surface area contributed by atoms with Crippen molar-refractivity contribution < 1.29 is 9.13 Å². The first kappa shape index (κ1) is 15.2. The number of ether oxygens (including phenoxy) is 1. The van der Waals surface area contributed by atoms with Crippen LogP contribution in [0.2, 0.25) is 0 Å². The maximum atomic E-state index is 13.6. The van der Waals surface area contributed by atoms with Crippen LogP contribution in [0, 0.1) is 12.7 Å². The van der Waals surface area contributed by atoms with Gasteiger partial charge in [0, 0.05) is 37.0 Å². The highest BCUT2D eigenvalue weighted by Crippen LogP contribution is 2.27. The molecule has 0 amide bonds. The average molecular weight is 302 g/mol. The van der Waals surface area contributed by atoms with Gasteiger partial charge in [0.2, 0.25) is 0 Å². The molecule has 3 rings (SSSR count). The molecule has 3 nitrogen and oxygen atoms in total. The van der Waals surface area contributed by atoms with Crippen molar-refractivity contribution in [2.75, 3.05) is 25.1 Å². The van der Waals surface area contributed by atoms with Gasteiger partial charge in [0.1, 0.15) is 5.82 Å².